The Hall–Kier alpha value is -1.75. The van der Waals surface area contributed by atoms with Crippen LogP contribution in [0.3, 0.4) is 0 Å². The fraction of sp³-hybridized carbons (Fsp3) is 0.154. The first-order chi connectivity index (χ1) is 8.70. The second-order valence-corrected chi connectivity index (χ2v) is 4.55. The number of ether oxygens (including phenoxy) is 1. The Morgan fingerprint density at radius 3 is 3.00 bits per heavy atom. The number of carbonyl (C=O) groups is 1. The number of halogens is 1. The molecule has 5 heteroatoms. The van der Waals surface area contributed by atoms with E-state index in [1.165, 1.54) is 13.4 Å². The van der Waals surface area contributed by atoms with Crippen LogP contribution in [0.5, 0.6) is 0 Å². The van der Waals surface area contributed by atoms with Crippen LogP contribution in [-0.4, -0.2) is 13.1 Å². The Bertz CT molecular complexity index is 551. The molecule has 0 atom stereocenters. The Morgan fingerprint density at radius 2 is 2.28 bits per heavy atom. The maximum absolute atomic E-state index is 11.4. The molecule has 0 aliphatic carbocycles. The van der Waals surface area contributed by atoms with Crippen molar-refractivity contribution in [2.24, 2.45) is 0 Å². The molecule has 18 heavy (non-hydrogen) atoms. The molecule has 0 bridgehead atoms. The maximum Gasteiger partial charge on any atom is 0.374 e. The lowest BCUT2D eigenvalue weighted by Gasteiger charge is -2.06. The molecule has 0 unspecified atom stereocenters. The van der Waals surface area contributed by atoms with Crippen molar-refractivity contribution in [1.29, 1.82) is 0 Å². The molecule has 0 fully saturated rings. The van der Waals surface area contributed by atoms with E-state index < -0.39 is 5.97 Å². The molecule has 0 saturated heterocycles. The second-order valence-electron chi connectivity index (χ2n) is 3.63. The lowest BCUT2D eigenvalue weighted by Crippen LogP contribution is -2.06. The van der Waals surface area contributed by atoms with E-state index in [9.17, 15) is 4.79 Å². The van der Waals surface area contributed by atoms with E-state index >= 15 is 0 Å². The van der Waals surface area contributed by atoms with Crippen molar-refractivity contribution in [2.45, 2.75) is 6.54 Å². The van der Waals surface area contributed by atoms with Gasteiger partial charge in [0.05, 0.1) is 13.4 Å². The fourth-order valence-electron chi connectivity index (χ4n) is 1.54. The summed E-state index contributed by atoms with van der Waals surface area (Å²) >= 11 is 3.40. The van der Waals surface area contributed by atoms with Gasteiger partial charge >= 0.3 is 5.97 Å². The van der Waals surface area contributed by atoms with Crippen molar-refractivity contribution < 1.29 is 13.9 Å². The summed E-state index contributed by atoms with van der Waals surface area (Å²) in [5, 5.41) is 3.21. The van der Waals surface area contributed by atoms with Gasteiger partial charge in [-0.1, -0.05) is 22.0 Å². The molecule has 0 saturated carbocycles. The number of methoxy groups -OCH3 is 1. The van der Waals surface area contributed by atoms with E-state index in [0.29, 0.717) is 6.54 Å². The van der Waals surface area contributed by atoms with E-state index in [2.05, 4.69) is 26.0 Å². The Kier molecular flexibility index (Phi) is 4.04. The van der Waals surface area contributed by atoms with Gasteiger partial charge in [-0.2, -0.15) is 0 Å². The topological polar surface area (TPSA) is 51.5 Å². The van der Waals surface area contributed by atoms with Gasteiger partial charge in [0.15, 0.2) is 0 Å². The molecule has 1 heterocycles. The zero-order valence-corrected chi connectivity index (χ0v) is 11.4. The van der Waals surface area contributed by atoms with Crippen LogP contribution in [-0.2, 0) is 11.3 Å². The van der Waals surface area contributed by atoms with Gasteiger partial charge in [-0.15, -0.1) is 0 Å². The minimum absolute atomic E-state index is 0.236. The number of furan rings is 1. The summed E-state index contributed by atoms with van der Waals surface area (Å²) in [5.74, 6) is -0.231. The summed E-state index contributed by atoms with van der Waals surface area (Å²) < 4.78 is 10.7. The van der Waals surface area contributed by atoms with Crippen molar-refractivity contribution in [2.75, 3.05) is 12.4 Å². The molecule has 4 nitrogen and oxygen atoms in total. The zero-order valence-electron chi connectivity index (χ0n) is 9.77. The SMILES string of the molecule is COC(=O)c1occc1CNc1cccc(Br)c1. The molecule has 0 spiro atoms. The van der Waals surface area contributed by atoms with Gasteiger partial charge in [0.2, 0.25) is 5.76 Å². The third-order valence-electron chi connectivity index (χ3n) is 2.43. The average molecular weight is 310 g/mol. The summed E-state index contributed by atoms with van der Waals surface area (Å²) in [6.45, 7) is 0.497. The maximum atomic E-state index is 11.4. The first-order valence-electron chi connectivity index (χ1n) is 5.35. The van der Waals surface area contributed by atoms with Crippen LogP contribution in [0.15, 0.2) is 45.5 Å². The third kappa shape index (κ3) is 2.92. The van der Waals surface area contributed by atoms with E-state index in [1.807, 2.05) is 24.3 Å². The van der Waals surface area contributed by atoms with Crippen LogP contribution in [0.2, 0.25) is 0 Å². The normalized spacial score (nSPS) is 10.1. The molecule has 0 aliphatic heterocycles. The van der Waals surface area contributed by atoms with Crippen molar-refractivity contribution in [3.05, 3.63) is 52.4 Å². The Morgan fingerprint density at radius 1 is 1.44 bits per heavy atom. The van der Waals surface area contributed by atoms with Crippen LogP contribution in [0.1, 0.15) is 16.1 Å². The standard InChI is InChI=1S/C13H12BrNO3/c1-17-13(16)12-9(5-6-18-12)8-15-11-4-2-3-10(14)7-11/h2-7,15H,8H2,1H3. The van der Waals surface area contributed by atoms with Gasteiger partial charge in [0, 0.05) is 22.3 Å². The summed E-state index contributed by atoms with van der Waals surface area (Å²) in [5.41, 5.74) is 1.73. The predicted octanol–water partition coefficient (Wildman–Crippen LogP) is 3.44. The molecule has 0 radical (unpaired) electrons. The van der Waals surface area contributed by atoms with E-state index in [-0.39, 0.29) is 5.76 Å². The molecule has 2 rings (SSSR count). The van der Waals surface area contributed by atoms with Crippen molar-refractivity contribution in [3.8, 4) is 0 Å². The van der Waals surface area contributed by atoms with Crippen LogP contribution in [0, 0.1) is 0 Å². The largest absolute Gasteiger partial charge is 0.463 e. The zero-order chi connectivity index (χ0) is 13.0. The Balaban J connectivity index is 2.07. The monoisotopic (exact) mass is 309 g/mol. The second kappa shape index (κ2) is 5.73. The fourth-order valence-corrected chi connectivity index (χ4v) is 1.94. The van der Waals surface area contributed by atoms with Crippen molar-refractivity contribution in [3.63, 3.8) is 0 Å². The van der Waals surface area contributed by atoms with Gasteiger partial charge in [0.25, 0.3) is 0 Å². The van der Waals surface area contributed by atoms with Crippen molar-refractivity contribution in [1.82, 2.24) is 0 Å². The molecule has 1 aromatic carbocycles. The molecule has 2 aromatic rings. The van der Waals surface area contributed by atoms with Gasteiger partial charge in [-0.05, 0) is 24.3 Å². The Labute approximate surface area is 113 Å². The number of anilines is 1. The highest BCUT2D eigenvalue weighted by molar-refractivity contribution is 9.10. The quantitative estimate of drug-likeness (QED) is 0.879. The highest BCUT2D eigenvalue weighted by Gasteiger charge is 2.15. The average Bonchev–Trinajstić information content (AvgIpc) is 2.84. The van der Waals surface area contributed by atoms with Crippen LogP contribution in [0.4, 0.5) is 5.69 Å². The molecule has 1 N–H and O–H groups in total. The minimum atomic E-state index is -0.467. The number of esters is 1. The molecule has 1 aromatic heterocycles. The lowest BCUT2D eigenvalue weighted by molar-refractivity contribution is 0.0563. The summed E-state index contributed by atoms with van der Waals surface area (Å²) in [7, 11) is 1.33. The minimum Gasteiger partial charge on any atom is -0.463 e. The third-order valence-corrected chi connectivity index (χ3v) is 2.92. The molecule has 94 valence electrons. The van der Waals surface area contributed by atoms with Crippen molar-refractivity contribution >= 4 is 27.6 Å². The first kappa shape index (κ1) is 12.7. The van der Waals surface area contributed by atoms with Gasteiger partial charge in [-0.3, -0.25) is 0 Å². The van der Waals surface area contributed by atoms with Gasteiger partial charge < -0.3 is 14.5 Å². The highest BCUT2D eigenvalue weighted by atomic mass is 79.9. The first-order valence-corrected chi connectivity index (χ1v) is 6.14. The smallest absolute Gasteiger partial charge is 0.374 e. The number of carbonyl (C=O) groups excluding carboxylic acids is 1. The molecule has 0 amide bonds. The molecule has 0 aliphatic rings. The number of hydrogen-bond donors (Lipinski definition) is 1. The molecular weight excluding hydrogens is 298 g/mol. The van der Waals surface area contributed by atoms with Crippen LogP contribution < -0.4 is 5.32 Å². The number of rotatable bonds is 4. The van der Waals surface area contributed by atoms with E-state index in [1.54, 1.807) is 6.07 Å². The highest BCUT2D eigenvalue weighted by Crippen LogP contribution is 2.18. The summed E-state index contributed by atoms with van der Waals surface area (Å²) in [6, 6.07) is 9.53. The summed E-state index contributed by atoms with van der Waals surface area (Å²) in [4.78, 5) is 11.4. The van der Waals surface area contributed by atoms with E-state index in [4.69, 9.17) is 4.42 Å². The van der Waals surface area contributed by atoms with Gasteiger partial charge in [-0.25, -0.2) is 4.79 Å². The van der Waals surface area contributed by atoms with E-state index in [0.717, 1.165) is 15.7 Å². The van der Waals surface area contributed by atoms with Crippen LogP contribution >= 0.6 is 15.9 Å². The molecular formula is C13H12BrNO3. The number of benzene rings is 1. The predicted molar refractivity (Wildman–Crippen MR) is 71.5 cm³/mol. The number of hydrogen-bond acceptors (Lipinski definition) is 4. The lowest BCUT2D eigenvalue weighted by atomic mass is 10.2. The van der Waals surface area contributed by atoms with Crippen LogP contribution in [0.25, 0.3) is 0 Å². The van der Waals surface area contributed by atoms with Gasteiger partial charge in [0.1, 0.15) is 0 Å². The number of nitrogens with one attached hydrogen (secondary N) is 1. The summed E-state index contributed by atoms with van der Waals surface area (Å²) in [6.07, 6.45) is 1.48.